The second-order valence-corrected chi connectivity index (χ2v) is 4.19. The number of halogens is 1. The number of rotatable bonds is 4. The Balaban J connectivity index is 2.33. The van der Waals surface area contributed by atoms with E-state index in [1.807, 2.05) is 6.07 Å². The fourth-order valence-electron chi connectivity index (χ4n) is 1.89. The molecule has 0 amide bonds. The van der Waals surface area contributed by atoms with E-state index < -0.39 is 0 Å². The molecule has 0 N–H and O–H groups in total. The SMILES string of the molecule is ClCCCc1ccccc1-c1ccccc1. The van der Waals surface area contributed by atoms with Crippen molar-refractivity contribution in [2.45, 2.75) is 12.8 Å². The summed E-state index contributed by atoms with van der Waals surface area (Å²) in [6.07, 6.45) is 2.08. The minimum Gasteiger partial charge on any atom is -0.127 e. The van der Waals surface area contributed by atoms with Crippen molar-refractivity contribution in [2.24, 2.45) is 0 Å². The van der Waals surface area contributed by atoms with E-state index in [4.69, 9.17) is 11.6 Å². The summed E-state index contributed by atoms with van der Waals surface area (Å²) < 4.78 is 0. The van der Waals surface area contributed by atoms with Crippen molar-refractivity contribution in [3.63, 3.8) is 0 Å². The van der Waals surface area contributed by atoms with Gasteiger partial charge in [0.2, 0.25) is 0 Å². The molecule has 2 aromatic rings. The van der Waals surface area contributed by atoms with Gasteiger partial charge in [0.05, 0.1) is 0 Å². The molecule has 0 unspecified atom stereocenters. The van der Waals surface area contributed by atoms with Gasteiger partial charge in [0, 0.05) is 5.88 Å². The smallest absolute Gasteiger partial charge is 0.0226 e. The summed E-state index contributed by atoms with van der Waals surface area (Å²) in [6, 6.07) is 19.1. The topological polar surface area (TPSA) is 0 Å². The molecule has 0 aliphatic rings. The zero-order chi connectivity index (χ0) is 11.2. The summed E-state index contributed by atoms with van der Waals surface area (Å²) in [5, 5.41) is 0. The Kier molecular flexibility index (Phi) is 4.01. The van der Waals surface area contributed by atoms with Crippen LogP contribution in [-0.4, -0.2) is 5.88 Å². The van der Waals surface area contributed by atoms with Gasteiger partial charge in [-0.25, -0.2) is 0 Å². The molecule has 2 rings (SSSR count). The number of benzene rings is 2. The fraction of sp³-hybridized carbons (Fsp3) is 0.200. The van der Waals surface area contributed by atoms with Crippen LogP contribution in [0.3, 0.4) is 0 Å². The molecule has 0 aliphatic carbocycles. The van der Waals surface area contributed by atoms with Crippen molar-refractivity contribution in [2.75, 3.05) is 5.88 Å². The molecule has 0 atom stereocenters. The van der Waals surface area contributed by atoms with Crippen molar-refractivity contribution >= 4 is 11.6 Å². The highest BCUT2D eigenvalue weighted by Gasteiger charge is 2.02. The van der Waals surface area contributed by atoms with Crippen LogP contribution in [0.2, 0.25) is 0 Å². The zero-order valence-corrected chi connectivity index (χ0v) is 9.95. The first-order valence-electron chi connectivity index (χ1n) is 5.61. The Bertz CT molecular complexity index is 434. The van der Waals surface area contributed by atoms with E-state index >= 15 is 0 Å². The van der Waals surface area contributed by atoms with Gasteiger partial charge in [0.25, 0.3) is 0 Å². The quantitative estimate of drug-likeness (QED) is 0.678. The third-order valence-electron chi connectivity index (χ3n) is 2.68. The molecule has 1 heteroatoms. The molecule has 0 radical (unpaired) electrons. The zero-order valence-electron chi connectivity index (χ0n) is 9.20. The number of hydrogen-bond acceptors (Lipinski definition) is 0. The lowest BCUT2D eigenvalue weighted by Crippen LogP contribution is -1.90. The van der Waals surface area contributed by atoms with Crippen LogP contribution >= 0.6 is 11.6 Å². The van der Waals surface area contributed by atoms with E-state index in [1.54, 1.807) is 0 Å². The minimum atomic E-state index is 0.725. The molecule has 0 fully saturated rings. The molecule has 0 nitrogen and oxygen atoms in total. The first-order valence-corrected chi connectivity index (χ1v) is 6.14. The van der Waals surface area contributed by atoms with Crippen LogP contribution in [-0.2, 0) is 6.42 Å². The first kappa shape index (κ1) is 11.2. The summed E-state index contributed by atoms with van der Waals surface area (Å²) in [6.45, 7) is 0. The van der Waals surface area contributed by atoms with Gasteiger partial charge in [-0.3, -0.25) is 0 Å². The van der Waals surface area contributed by atoms with Gasteiger partial charge in [-0.05, 0) is 29.5 Å². The Morgan fingerprint density at radius 3 is 2.25 bits per heavy atom. The van der Waals surface area contributed by atoms with E-state index in [0.717, 1.165) is 18.7 Å². The highest BCUT2D eigenvalue weighted by atomic mass is 35.5. The minimum absolute atomic E-state index is 0.725. The average molecular weight is 231 g/mol. The summed E-state index contributed by atoms with van der Waals surface area (Å²) >= 11 is 5.75. The molecular formula is C15H15Cl. The molecule has 0 spiro atoms. The maximum Gasteiger partial charge on any atom is 0.0226 e. The van der Waals surface area contributed by atoms with Crippen LogP contribution in [0.25, 0.3) is 11.1 Å². The largest absolute Gasteiger partial charge is 0.127 e. The van der Waals surface area contributed by atoms with E-state index in [-0.39, 0.29) is 0 Å². The second-order valence-electron chi connectivity index (χ2n) is 3.82. The normalized spacial score (nSPS) is 10.3. The number of hydrogen-bond donors (Lipinski definition) is 0. The molecule has 0 saturated heterocycles. The van der Waals surface area contributed by atoms with Crippen molar-refractivity contribution in [3.05, 3.63) is 60.2 Å². The molecule has 0 aliphatic heterocycles. The van der Waals surface area contributed by atoms with Gasteiger partial charge in [-0.2, -0.15) is 0 Å². The Hall–Kier alpha value is -1.27. The first-order chi connectivity index (χ1) is 7.92. The molecular weight excluding hydrogens is 216 g/mol. The molecule has 0 heterocycles. The standard InChI is InChI=1S/C15H15Cl/c16-12-6-10-14-9-4-5-11-15(14)13-7-2-1-3-8-13/h1-5,7-9,11H,6,10,12H2. The fourth-order valence-corrected chi connectivity index (χ4v) is 2.03. The summed E-state index contributed by atoms with van der Waals surface area (Å²) in [4.78, 5) is 0. The predicted molar refractivity (Wildman–Crippen MR) is 70.9 cm³/mol. The lowest BCUT2D eigenvalue weighted by molar-refractivity contribution is 0.930. The molecule has 16 heavy (non-hydrogen) atoms. The van der Waals surface area contributed by atoms with E-state index in [1.165, 1.54) is 16.7 Å². The highest BCUT2D eigenvalue weighted by molar-refractivity contribution is 6.17. The van der Waals surface area contributed by atoms with E-state index in [0.29, 0.717) is 0 Å². The Labute approximate surface area is 102 Å². The Morgan fingerprint density at radius 1 is 0.812 bits per heavy atom. The maximum absolute atomic E-state index is 5.75. The van der Waals surface area contributed by atoms with Crippen LogP contribution < -0.4 is 0 Å². The third-order valence-corrected chi connectivity index (χ3v) is 2.95. The third kappa shape index (κ3) is 2.65. The van der Waals surface area contributed by atoms with E-state index in [2.05, 4.69) is 48.5 Å². The van der Waals surface area contributed by atoms with Crippen molar-refractivity contribution in [1.29, 1.82) is 0 Å². The van der Waals surface area contributed by atoms with Crippen molar-refractivity contribution in [3.8, 4) is 11.1 Å². The molecule has 2 aromatic carbocycles. The van der Waals surface area contributed by atoms with Gasteiger partial charge in [0.1, 0.15) is 0 Å². The van der Waals surface area contributed by atoms with Crippen LogP contribution in [0.15, 0.2) is 54.6 Å². The van der Waals surface area contributed by atoms with Crippen LogP contribution in [0.4, 0.5) is 0 Å². The monoisotopic (exact) mass is 230 g/mol. The summed E-state index contributed by atoms with van der Waals surface area (Å²) in [5.74, 6) is 0.725. The maximum atomic E-state index is 5.75. The highest BCUT2D eigenvalue weighted by Crippen LogP contribution is 2.24. The summed E-state index contributed by atoms with van der Waals surface area (Å²) in [5.41, 5.74) is 4.00. The van der Waals surface area contributed by atoms with Gasteiger partial charge < -0.3 is 0 Å². The molecule has 0 aromatic heterocycles. The van der Waals surface area contributed by atoms with Crippen molar-refractivity contribution < 1.29 is 0 Å². The lowest BCUT2D eigenvalue weighted by Gasteiger charge is -2.08. The molecule has 0 saturated carbocycles. The lowest BCUT2D eigenvalue weighted by atomic mass is 9.97. The molecule has 0 bridgehead atoms. The van der Waals surface area contributed by atoms with Crippen LogP contribution in [0.1, 0.15) is 12.0 Å². The van der Waals surface area contributed by atoms with Crippen LogP contribution in [0, 0.1) is 0 Å². The summed E-state index contributed by atoms with van der Waals surface area (Å²) in [7, 11) is 0. The molecule has 82 valence electrons. The number of aryl methyl sites for hydroxylation is 1. The van der Waals surface area contributed by atoms with Gasteiger partial charge in [-0.1, -0.05) is 54.6 Å². The predicted octanol–water partition coefficient (Wildman–Crippen LogP) is 4.53. The second kappa shape index (κ2) is 5.72. The van der Waals surface area contributed by atoms with Gasteiger partial charge in [0.15, 0.2) is 0 Å². The van der Waals surface area contributed by atoms with Crippen molar-refractivity contribution in [1.82, 2.24) is 0 Å². The average Bonchev–Trinajstić information content (AvgIpc) is 2.38. The Morgan fingerprint density at radius 2 is 1.50 bits per heavy atom. The van der Waals surface area contributed by atoms with Gasteiger partial charge >= 0.3 is 0 Å². The van der Waals surface area contributed by atoms with Crippen LogP contribution in [0.5, 0.6) is 0 Å². The van der Waals surface area contributed by atoms with E-state index in [9.17, 15) is 0 Å². The number of alkyl halides is 1. The van der Waals surface area contributed by atoms with Gasteiger partial charge in [-0.15, -0.1) is 11.6 Å².